The molecule has 13 atom stereocenters. The van der Waals surface area contributed by atoms with E-state index < -0.39 is 255 Å². The maximum atomic E-state index is 15.1. The molecule has 1 fully saturated rings. The van der Waals surface area contributed by atoms with E-state index in [1.54, 1.807) is 54.9 Å². The van der Waals surface area contributed by atoms with E-state index >= 15 is 9.59 Å². The van der Waals surface area contributed by atoms with Crippen LogP contribution < -0.4 is 96.0 Å². The zero-order valence-corrected chi connectivity index (χ0v) is 72.4. The number of nitrogens with one attached hydrogen (secondary N) is 17. The van der Waals surface area contributed by atoms with Crippen molar-refractivity contribution in [3.63, 3.8) is 0 Å². The lowest BCUT2D eigenvalue weighted by molar-refractivity contribution is -0.156. The Bertz CT molecular complexity index is 4880. The Morgan fingerprint density at radius 2 is 1.08 bits per heavy atom. The molecule has 46 heteroatoms. The number of para-hydroxylation sites is 2. The number of primary amides is 1. The Kier molecular flexibility index (Phi) is 42.3. The van der Waals surface area contributed by atoms with E-state index in [9.17, 15) is 112 Å². The number of carbonyl (C=O) groups excluding carboxylic acids is 16. The number of aromatic amines is 2. The molecule has 46 nitrogen and oxygen atoms in total. The summed E-state index contributed by atoms with van der Waals surface area (Å²) in [7, 11) is 1.47. The van der Waals surface area contributed by atoms with Crippen LogP contribution >= 0.6 is 0 Å². The highest BCUT2D eigenvalue weighted by molar-refractivity contribution is 6.05. The third kappa shape index (κ3) is 34.4. The number of aliphatic hydroxyl groups excluding tert-OH is 1. The molecule has 1 saturated heterocycles. The molecule has 0 radical (unpaired) electrons. The van der Waals surface area contributed by atoms with Gasteiger partial charge in [-0.25, -0.2) is 9.59 Å². The normalized spacial score (nSPS) is 20.1. The second-order valence-electron chi connectivity index (χ2n) is 31.2. The third-order valence-electron chi connectivity index (χ3n) is 20.8. The number of unbranched alkanes of at least 4 members (excludes halogenated alkanes) is 8. The van der Waals surface area contributed by atoms with E-state index in [0.717, 1.165) is 88.6 Å². The van der Waals surface area contributed by atoms with Crippen LogP contribution in [-0.2, 0) is 104 Å². The van der Waals surface area contributed by atoms with E-state index in [0.29, 0.717) is 28.6 Å². The number of esters is 1. The number of amides is 15. The van der Waals surface area contributed by atoms with Gasteiger partial charge in [0.05, 0.1) is 58.9 Å². The van der Waals surface area contributed by atoms with Gasteiger partial charge < -0.3 is 136 Å². The topological polar surface area (TPSA) is 725 Å². The number of ether oxygens (including phenoxy) is 2. The van der Waals surface area contributed by atoms with Crippen LogP contribution in [0.4, 0.5) is 10.5 Å². The molecule has 0 aliphatic carbocycles. The number of methoxy groups -OCH3 is 1. The molecule has 0 spiro atoms. The SMILES string of the molecule is CCCCCCCCCCCNC(=O)NC(Cc1c[nH]c2ccccc12)C(=O)NC(CC(N)=O)C(=O)NC(CC(=O)O)C(=O)NC1C(=O)NCC(=O)NC(CCCNCc2c[nH]c3ccc(OC)cc23)C(=O)NC(CC(=O)O)C(=O)NC(C)C(=O)NC(CC(=O)O)C(=O)NCC(=O)NC(CO)C(=O)NC(C(C)CC(=O)O)C(=O)NC(CC(=O)c2ccccc2N)C(=O)OC1C. The highest BCUT2D eigenvalue weighted by Crippen LogP contribution is 2.25. The first-order valence-corrected chi connectivity index (χ1v) is 42.2. The molecule has 15 amide bonds. The fraction of sp³-hybridized carbons (Fsp3) is 0.500. The summed E-state index contributed by atoms with van der Waals surface area (Å²) in [5.74, 6) is -28.8. The summed E-state index contributed by atoms with van der Waals surface area (Å²) in [5.41, 5.74) is 13.9. The molecule has 130 heavy (non-hydrogen) atoms. The lowest BCUT2D eigenvalue weighted by Crippen LogP contribution is -2.62. The number of anilines is 1. The second-order valence-corrected chi connectivity index (χ2v) is 31.2. The Labute approximate surface area is 744 Å². The Morgan fingerprint density at radius 1 is 0.531 bits per heavy atom. The van der Waals surface area contributed by atoms with Crippen LogP contribution in [0.1, 0.15) is 158 Å². The minimum absolute atomic E-state index is 0.0345. The summed E-state index contributed by atoms with van der Waals surface area (Å²) in [4.78, 5) is 284. The van der Waals surface area contributed by atoms with Crippen molar-refractivity contribution in [3.05, 3.63) is 95.8 Å². The van der Waals surface area contributed by atoms with E-state index in [1.807, 2.05) is 10.6 Å². The number of nitrogens with two attached hydrogens (primary N) is 2. The molecule has 6 rings (SSSR count). The molecule has 2 aromatic heterocycles. The number of carbonyl (C=O) groups is 20. The average molecular weight is 1820 g/mol. The number of cyclic esters (lactones) is 1. The molecule has 0 saturated carbocycles. The number of benzene rings is 3. The number of aromatic nitrogens is 2. The van der Waals surface area contributed by atoms with Gasteiger partial charge in [-0.2, -0.15) is 0 Å². The zero-order valence-electron chi connectivity index (χ0n) is 72.4. The van der Waals surface area contributed by atoms with Crippen LogP contribution in [0.3, 0.4) is 0 Å². The van der Waals surface area contributed by atoms with Gasteiger partial charge in [0.1, 0.15) is 78.3 Å². The number of carboxylic acid groups (broad SMARTS) is 4. The van der Waals surface area contributed by atoms with E-state index in [2.05, 4.69) is 86.0 Å². The van der Waals surface area contributed by atoms with Gasteiger partial charge in [-0.1, -0.05) is 95.5 Å². The van der Waals surface area contributed by atoms with Crippen molar-refractivity contribution < 1.29 is 131 Å². The van der Waals surface area contributed by atoms with E-state index in [-0.39, 0.29) is 50.1 Å². The fourth-order valence-electron chi connectivity index (χ4n) is 13.8. The van der Waals surface area contributed by atoms with Crippen molar-refractivity contribution in [2.24, 2.45) is 11.7 Å². The van der Waals surface area contributed by atoms with Gasteiger partial charge in [-0.15, -0.1) is 0 Å². The highest BCUT2D eigenvalue weighted by Gasteiger charge is 2.41. The van der Waals surface area contributed by atoms with Gasteiger partial charge >= 0.3 is 35.9 Å². The smallest absolute Gasteiger partial charge is 0.329 e. The molecule has 708 valence electrons. The summed E-state index contributed by atoms with van der Waals surface area (Å²) in [6.45, 7) is 1.78. The number of nitrogen functional groups attached to an aromatic ring is 1. The van der Waals surface area contributed by atoms with E-state index in [4.69, 9.17) is 20.9 Å². The van der Waals surface area contributed by atoms with Gasteiger partial charge in [0, 0.05) is 71.4 Å². The molecule has 0 bridgehead atoms. The predicted molar refractivity (Wildman–Crippen MR) is 461 cm³/mol. The average Bonchev–Trinajstić information content (AvgIpc) is 1.58. The van der Waals surface area contributed by atoms with Crippen LogP contribution in [0.2, 0.25) is 0 Å². The van der Waals surface area contributed by atoms with Crippen molar-refractivity contribution >= 4 is 146 Å². The van der Waals surface area contributed by atoms with Crippen LogP contribution in [0.15, 0.2) is 79.1 Å². The zero-order chi connectivity index (χ0) is 95.8. The molecular weight excluding hydrogens is 1710 g/mol. The molecule has 3 heterocycles. The molecule has 26 N–H and O–H groups in total. The van der Waals surface area contributed by atoms with Crippen LogP contribution in [0, 0.1) is 5.92 Å². The molecule has 3 aromatic carbocycles. The van der Waals surface area contributed by atoms with Crippen molar-refractivity contribution in [2.45, 2.75) is 222 Å². The number of rotatable bonds is 41. The first-order chi connectivity index (χ1) is 61.8. The summed E-state index contributed by atoms with van der Waals surface area (Å²) in [6.07, 6.45) is 2.14. The Balaban J connectivity index is 1.41. The van der Waals surface area contributed by atoms with Crippen molar-refractivity contribution in [1.82, 2.24) is 89.7 Å². The van der Waals surface area contributed by atoms with Crippen molar-refractivity contribution in [1.29, 1.82) is 0 Å². The predicted octanol–water partition coefficient (Wildman–Crippen LogP) is -2.73. The summed E-state index contributed by atoms with van der Waals surface area (Å²) in [6, 6.07) is -6.39. The highest BCUT2D eigenvalue weighted by atomic mass is 16.5. The lowest BCUT2D eigenvalue weighted by Gasteiger charge is -2.30. The number of carboxylic acids is 4. The maximum absolute atomic E-state index is 15.1. The number of urea groups is 1. The van der Waals surface area contributed by atoms with Gasteiger partial charge in [0.2, 0.25) is 76.8 Å². The first-order valence-electron chi connectivity index (χ1n) is 42.2. The third-order valence-corrected chi connectivity index (χ3v) is 20.8. The monoisotopic (exact) mass is 1820 g/mol. The fourth-order valence-corrected chi connectivity index (χ4v) is 13.8. The largest absolute Gasteiger partial charge is 0.497 e. The van der Waals surface area contributed by atoms with Crippen LogP contribution in [0.25, 0.3) is 21.8 Å². The van der Waals surface area contributed by atoms with Crippen LogP contribution in [0.5, 0.6) is 5.75 Å². The van der Waals surface area contributed by atoms with Gasteiger partial charge in [0.15, 0.2) is 5.78 Å². The Morgan fingerprint density at radius 3 is 1.71 bits per heavy atom. The van der Waals surface area contributed by atoms with Crippen molar-refractivity contribution in [3.8, 4) is 5.75 Å². The number of ketones is 1. The van der Waals surface area contributed by atoms with E-state index in [1.165, 1.54) is 31.4 Å². The molecule has 13 unspecified atom stereocenters. The maximum Gasteiger partial charge on any atom is 0.329 e. The number of fused-ring (bicyclic) bond motifs is 2. The molecule has 1 aliphatic rings. The van der Waals surface area contributed by atoms with Crippen LogP contribution in [-0.4, -0.2) is 266 Å². The molecule has 5 aromatic rings. The Hall–Kier alpha value is -14.3. The van der Waals surface area contributed by atoms with Gasteiger partial charge in [-0.3, -0.25) is 86.3 Å². The van der Waals surface area contributed by atoms with Crippen molar-refractivity contribution in [2.75, 3.05) is 45.6 Å². The first kappa shape index (κ1) is 104. The number of Topliss-reactive ketones (excluding diaryl/α,β-unsaturated/α-hetero) is 1. The summed E-state index contributed by atoms with van der Waals surface area (Å²) >= 11 is 0. The van der Waals surface area contributed by atoms with Gasteiger partial charge in [0.25, 0.3) is 0 Å². The number of H-pyrrole nitrogens is 2. The quantitative estimate of drug-likeness (QED) is 0.00818. The minimum atomic E-state index is -2.48. The minimum Gasteiger partial charge on any atom is -0.497 e. The number of aliphatic hydroxyl groups is 1. The van der Waals surface area contributed by atoms with Gasteiger partial charge in [-0.05, 0) is 93.1 Å². The number of hydrogen-bond donors (Lipinski definition) is 24. The molecule has 1 aliphatic heterocycles. The number of hydrogen-bond acceptors (Lipinski definition) is 25. The lowest BCUT2D eigenvalue weighted by atomic mass is 9.96. The summed E-state index contributed by atoms with van der Waals surface area (Å²) < 4.78 is 11.1. The summed E-state index contributed by atoms with van der Waals surface area (Å²) in [5, 5.41) is 86.4. The second kappa shape index (κ2) is 52.7. The molecular formula is C84H115N19O27. The standard InChI is InChI=1S/C84H115N19O27/c1-6-7-8-9-10-11-12-13-18-28-88-84(128)101-56(30-46-38-89-53-23-17-15-20-49(46)53)77(121)97-57(33-64(86)106)78(122)99-60(36-70(115)116)79(123)103-72-45(4)130-83(127)61(32-63(105)50-21-14-16-22-52(50)85)100-82(126)71(43(2)29-67(109)110)102-80(124)62(42-104)95-66(108)40-91-74(118)58(34-68(111)112)96-73(117)44(3)93-76(120)59(35-69(113)114)98-75(119)55(94-65(107)41-92-81(72)125)24-19-27-87-37-47-39-90-54-26-25-48(129-5)31-51(47)54/h14-17,20-23,25-26,31,38-39,43-45,55-62,71-72,87,89-90,104H,6-13,18-19,24,27-30,32-37,40-42,85H2,1-5H3,(H2,86,106)(H,91,118)(H,92,125)(H,93,120)(H,94,107)(H,95,108)(H,96,117)(H,97,121)(H,98,119)(H,99,122)(H,100,126)(H,102,124)(H,103,123)(H,109,110)(H,111,112)(H,113,114)(H,115,116)(H2,88,101,128). The number of aliphatic carboxylic acids is 4.